The third-order valence-electron chi connectivity index (χ3n) is 10.3. The normalized spacial score (nSPS) is 22.0. The molecule has 0 atom stereocenters. The molecule has 0 unspecified atom stereocenters. The van der Waals surface area contributed by atoms with Gasteiger partial charge in [-0.3, -0.25) is 0 Å². The highest BCUT2D eigenvalue weighted by atomic mass is 14.0. The number of rotatable bonds is 0. The van der Waals surface area contributed by atoms with Crippen molar-refractivity contribution in [1.29, 1.82) is 0 Å². The Morgan fingerprint density at radius 1 is 0.125 bits per heavy atom. The molecule has 0 heteroatoms. The van der Waals surface area contributed by atoms with Gasteiger partial charge >= 0.3 is 0 Å². The first kappa shape index (κ1) is 44.5. The molecule has 0 nitrogen and oxygen atoms in total. The second-order valence-electron chi connectivity index (χ2n) is 15.0. The number of hydrogen-bond acceptors (Lipinski definition) is 0. The molecule has 0 amide bonds. The Balaban J connectivity index is 2.14. The molecule has 0 aromatic carbocycles. The first-order valence-electron chi connectivity index (χ1n) is 22.0. The second kappa shape index (κ2) is 41.6. The smallest absolute Gasteiger partial charge is 0.0348 e. The highest BCUT2D eigenvalue weighted by molar-refractivity contribution is 5.19. The molecular formula is C48H84. The molecule has 0 aliphatic heterocycles. The summed E-state index contributed by atoms with van der Waals surface area (Å²) in [6, 6.07) is 0. The molecule has 1 aliphatic rings. The van der Waals surface area contributed by atoms with Gasteiger partial charge in [-0.05, 0) is 25.7 Å². The van der Waals surface area contributed by atoms with Crippen LogP contribution in [0.4, 0.5) is 0 Å². The number of hydrogen-bond donors (Lipinski definition) is 0. The van der Waals surface area contributed by atoms with Crippen molar-refractivity contribution < 1.29 is 0 Å². The monoisotopic (exact) mass is 661 g/mol. The molecule has 0 spiro atoms. The van der Waals surface area contributed by atoms with Gasteiger partial charge < -0.3 is 0 Å². The topological polar surface area (TPSA) is 0 Å². The number of allylic oxidation sites excluding steroid dienone is 12. The van der Waals surface area contributed by atoms with Crippen molar-refractivity contribution in [2.75, 3.05) is 0 Å². The van der Waals surface area contributed by atoms with Crippen LogP contribution in [0.5, 0.6) is 0 Å². The second-order valence-corrected chi connectivity index (χ2v) is 15.0. The molecule has 48 heavy (non-hydrogen) atoms. The molecule has 0 aromatic heterocycles. The van der Waals surface area contributed by atoms with E-state index in [2.05, 4.69) is 72.9 Å². The maximum Gasteiger partial charge on any atom is -0.0348 e. The molecular weight excluding hydrogens is 577 g/mol. The maximum absolute atomic E-state index is 2.32. The summed E-state index contributed by atoms with van der Waals surface area (Å²) in [5.41, 5.74) is 0. The summed E-state index contributed by atoms with van der Waals surface area (Å²) < 4.78 is 0. The molecule has 276 valence electrons. The lowest BCUT2D eigenvalue weighted by atomic mass is 10.0. The van der Waals surface area contributed by atoms with E-state index in [4.69, 9.17) is 0 Å². The van der Waals surface area contributed by atoms with Gasteiger partial charge in [-0.1, -0.05) is 278 Å². The average molecular weight is 661 g/mol. The quantitative estimate of drug-likeness (QED) is 0.242. The lowest BCUT2D eigenvalue weighted by Gasteiger charge is -2.05. The van der Waals surface area contributed by atoms with Crippen molar-refractivity contribution in [2.24, 2.45) is 0 Å². The van der Waals surface area contributed by atoms with Gasteiger partial charge in [0.1, 0.15) is 0 Å². The van der Waals surface area contributed by atoms with Crippen LogP contribution in [-0.4, -0.2) is 0 Å². The molecule has 0 bridgehead atoms. The van der Waals surface area contributed by atoms with Crippen LogP contribution in [0.15, 0.2) is 72.9 Å². The molecule has 1 rings (SSSR count). The summed E-state index contributed by atoms with van der Waals surface area (Å²) in [7, 11) is 0. The maximum atomic E-state index is 2.32. The highest BCUT2D eigenvalue weighted by Crippen LogP contribution is 2.17. The van der Waals surface area contributed by atoms with Gasteiger partial charge in [0.25, 0.3) is 0 Å². The molecule has 0 heterocycles. The van der Waals surface area contributed by atoms with Crippen molar-refractivity contribution in [2.45, 2.75) is 231 Å². The molecule has 0 saturated heterocycles. The van der Waals surface area contributed by atoms with E-state index in [1.165, 1.54) is 231 Å². The van der Waals surface area contributed by atoms with E-state index in [0.29, 0.717) is 0 Å². The molecule has 0 aromatic rings. The predicted molar refractivity (Wildman–Crippen MR) is 221 cm³/mol. The lowest BCUT2D eigenvalue weighted by molar-refractivity contribution is 0.511. The molecule has 0 radical (unpaired) electrons. The van der Waals surface area contributed by atoms with Gasteiger partial charge in [0.15, 0.2) is 0 Å². The largest absolute Gasteiger partial charge is 0.0845 e. The summed E-state index contributed by atoms with van der Waals surface area (Å²) in [5, 5.41) is 0. The van der Waals surface area contributed by atoms with Crippen LogP contribution in [-0.2, 0) is 0 Å². The first-order valence-corrected chi connectivity index (χ1v) is 22.0. The Labute approximate surface area is 303 Å². The van der Waals surface area contributed by atoms with Gasteiger partial charge in [-0.15, -0.1) is 0 Å². The van der Waals surface area contributed by atoms with Crippen molar-refractivity contribution in [3.8, 4) is 0 Å². The SMILES string of the molecule is C1=CC=CC=CCCCCCCCCCCCCCCCCCCCCCCCCCCCCCCCCCCCCC=CC=CC=C1. The third-order valence-corrected chi connectivity index (χ3v) is 10.3. The summed E-state index contributed by atoms with van der Waals surface area (Å²) >= 11 is 0. The van der Waals surface area contributed by atoms with Crippen molar-refractivity contribution >= 4 is 0 Å². The molecule has 1 aliphatic carbocycles. The van der Waals surface area contributed by atoms with Gasteiger partial charge in [0.05, 0.1) is 0 Å². The van der Waals surface area contributed by atoms with Crippen LogP contribution in [0.3, 0.4) is 0 Å². The standard InChI is InChI=1S/C48H84/c1-2-4-6-8-10-12-14-16-18-20-22-24-26-28-30-32-34-36-38-40-42-44-46-48-47-45-43-41-39-37-35-33-31-29-27-25-23-21-19-17-15-13-11-9-7-5-3-1/h1-12H,13-48H2. The van der Waals surface area contributed by atoms with Crippen LogP contribution in [0, 0.1) is 0 Å². The summed E-state index contributed by atoms with van der Waals surface area (Å²) in [6.45, 7) is 0. The van der Waals surface area contributed by atoms with Gasteiger partial charge in [-0.25, -0.2) is 0 Å². The van der Waals surface area contributed by atoms with E-state index >= 15 is 0 Å². The van der Waals surface area contributed by atoms with E-state index in [1.807, 2.05) is 0 Å². The summed E-state index contributed by atoms with van der Waals surface area (Å²) in [5.74, 6) is 0. The summed E-state index contributed by atoms with van der Waals surface area (Å²) in [6.07, 6.45) is 78.0. The fourth-order valence-electron chi connectivity index (χ4n) is 7.04. The Morgan fingerprint density at radius 2 is 0.250 bits per heavy atom. The van der Waals surface area contributed by atoms with Gasteiger partial charge in [-0.2, -0.15) is 0 Å². The minimum atomic E-state index is 1.21. The summed E-state index contributed by atoms with van der Waals surface area (Å²) in [4.78, 5) is 0. The molecule has 0 fully saturated rings. The van der Waals surface area contributed by atoms with E-state index in [1.54, 1.807) is 0 Å². The minimum absolute atomic E-state index is 1.21. The molecule has 0 saturated carbocycles. The Bertz CT molecular complexity index is 708. The van der Waals surface area contributed by atoms with Crippen molar-refractivity contribution in [3.63, 3.8) is 0 Å². The third kappa shape index (κ3) is 38.9. The van der Waals surface area contributed by atoms with E-state index in [0.717, 1.165) is 0 Å². The zero-order valence-corrected chi connectivity index (χ0v) is 32.4. The van der Waals surface area contributed by atoms with Crippen LogP contribution in [0.2, 0.25) is 0 Å². The van der Waals surface area contributed by atoms with Crippen LogP contribution in [0.1, 0.15) is 231 Å². The van der Waals surface area contributed by atoms with Crippen molar-refractivity contribution in [3.05, 3.63) is 72.9 Å². The van der Waals surface area contributed by atoms with Crippen LogP contribution >= 0.6 is 0 Å². The molecule has 0 N–H and O–H groups in total. The van der Waals surface area contributed by atoms with E-state index in [-0.39, 0.29) is 0 Å². The van der Waals surface area contributed by atoms with Crippen molar-refractivity contribution in [1.82, 2.24) is 0 Å². The van der Waals surface area contributed by atoms with Gasteiger partial charge in [0, 0.05) is 0 Å². The van der Waals surface area contributed by atoms with E-state index < -0.39 is 0 Å². The highest BCUT2D eigenvalue weighted by Gasteiger charge is 1.97. The van der Waals surface area contributed by atoms with Gasteiger partial charge in [0.2, 0.25) is 0 Å². The lowest BCUT2D eigenvalue weighted by Crippen LogP contribution is -1.85. The van der Waals surface area contributed by atoms with Crippen LogP contribution in [0.25, 0.3) is 0 Å². The zero-order valence-electron chi connectivity index (χ0n) is 32.4. The van der Waals surface area contributed by atoms with Crippen LogP contribution < -0.4 is 0 Å². The van der Waals surface area contributed by atoms with E-state index in [9.17, 15) is 0 Å². The predicted octanol–water partition coefficient (Wildman–Crippen LogP) is 17.4. The zero-order chi connectivity index (χ0) is 33.9. The minimum Gasteiger partial charge on any atom is -0.0845 e. The fourth-order valence-corrected chi connectivity index (χ4v) is 7.04. The average Bonchev–Trinajstić information content (AvgIpc) is 3.10. The first-order chi connectivity index (χ1) is 24.0. The Morgan fingerprint density at radius 3 is 0.417 bits per heavy atom. The Hall–Kier alpha value is -1.56. The fraction of sp³-hybridized carbons (Fsp3) is 0.750. The Kier molecular flexibility index (Phi) is 38.5.